The van der Waals surface area contributed by atoms with Crippen LogP contribution in [0.1, 0.15) is 27.0 Å². The maximum atomic E-state index is 13.0. The molecule has 0 fully saturated rings. The summed E-state index contributed by atoms with van der Waals surface area (Å²) >= 11 is 2.80. The van der Waals surface area contributed by atoms with E-state index in [1.807, 2.05) is 49.4 Å². The van der Waals surface area contributed by atoms with Crippen molar-refractivity contribution in [3.05, 3.63) is 95.1 Å². The van der Waals surface area contributed by atoms with E-state index in [9.17, 15) is 13.2 Å². The minimum atomic E-state index is -3.88. The third kappa shape index (κ3) is 5.82. The van der Waals surface area contributed by atoms with E-state index in [2.05, 4.69) is 20.2 Å². The molecule has 0 aliphatic rings. The maximum Gasteiger partial charge on any atom is 0.262 e. The molecule has 0 aliphatic heterocycles. The van der Waals surface area contributed by atoms with Crippen LogP contribution in [0.5, 0.6) is 0 Å². The van der Waals surface area contributed by atoms with Crippen LogP contribution in [0.15, 0.2) is 82.0 Å². The van der Waals surface area contributed by atoms with E-state index in [1.54, 1.807) is 31.2 Å². The van der Waals surface area contributed by atoms with Gasteiger partial charge in [0.25, 0.3) is 15.9 Å². The molecule has 34 heavy (non-hydrogen) atoms. The van der Waals surface area contributed by atoms with Crippen LogP contribution in [0.25, 0.3) is 0 Å². The zero-order chi connectivity index (χ0) is 24.1. The standard InChI is InChI=1S/C24H22N4O3S3/c1-16-8-6-7-11-20(16)28-34(30,31)21-14-19(13-12-17(21)2)22(29)25-23-26-27-24(33-23)32-15-18-9-4-3-5-10-18/h3-14,28H,15H2,1-2H3,(H,25,26,29). The minimum Gasteiger partial charge on any atom is -0.296 e. The second-order valence-corrected chi connectivity index (χ2v) is 11.4. The molecule has 1 heterocycles. The number of anilines is 2. The number of hydrogen-bond donors (Lipinski definition) is 2. The Hall–Kier alpha value is -3.21. The molecular formula is C24H22N4O3S3. The van der Waals surface area contributed by atoms with Crippen LogP contribution >= 0.6 is 23.1 Å². The largest absolute Gasteiger partial charge is 0.296 e. The number of thioether (sulfide) groups is 1. The zero-order valence-electron chi connectivity index (χ0n) is 18.5. The van der Waals surface area contributed by atoms with Crippen LogP contribution < -0.4 is 10.0 Å². The van der Waals surface area contributed by atoms with Crippen molar-refractivity contribution in [2.75, 3.05) is 10.0 Å². The van der Waals surface area contributed by atoms with Crippen LogP contribution in [0.2, 0.25) is 0 Å². The highest BCUT2D eigenvalue weighted by Gasteiger charge is 2.20. The first-order valence-corrected chi connectivity index (χ1v) is 13.6. The number of rotatable bonds is 8. The average molecular weight is 511 g/mol. The fourth-order valence-electron chi connectivity index (χ4n) is 3.13. The van der Waals surface area contributed by atoms with Crippen molar-refractivity contribution in [1.29, 1.82) is 0 Å². The molecule has 1 aromatic heterocycles. The van der Waals surface area contributed by atoms with E-state index < -0.39 is 15.9 Å². The molecule has 4 aromatic rings. The summed E-state index contributed by atoms with van der Waals surface area (Å²) in [5, 5.41) is 11.2. The Labute approximate surface area is 206 Å². The Bertz CT molecular complexity index is 1420. The second kappa shape index (κ2) is 10.4. The number of aromatic nitrogens is 2. The van der Waals surface area contributed by atoms with E-state index in [1.165, 1.54) is 34.7 Å². The van der Waals surface area contributed by atoms with Gasteiger partial charge in [-0.2, -0.15) is 0 Å². The summed E-state index contributed by atoms with van der Waals surface area (Å²) in [6.07, 6.45) is 0. The number of carbonyl (C=O) groups excluding carboxylic acids is 1. The maximum absolute atomic E-state index is 13.0. The highest BCUT2D eigenvalue weighted by atomic mass is 32.2. The van der Waals surface area contributed by atoms with Crippen molar-refractivity contribution < 1.29 is 13.2 Å². The molecule has 0 unspecified atom stereocenters. The van der Waals surface area contributed by atoms with Crippen molar-refractivity contribution in [3.8, 4) is 0 Å². The van der Waals surface area contributed by atoms with Gasteiger partial charge in [-0.05, 0) is 48.7 Å². The van der Waals surface area contributed by atoms with Crippen LogP contribution in [-0.4, -0.2) is 24.5 Å². The summed E-state index contributed by atoms with van der Waals surface area (Å²) in [4.78, 5) is 12.9. The first kappa shape index (κ1) is 23.9. The summed E-state index contributed by atoms with van der Waals surface area (Å²) in [5.74, 6) is 0.291. The normalized spacial score (nSPS) is 11.2. The number of hydrogen-bond acceptors (Lipinski definition) is 7. The van der Waals surface area contributed by atoms with Gasteiger partial charge in [-0.3, -0.25) is 14.8 Å². The van der Waals surface area contributed by atoms with E-state index in [4.69, 9.17) is 0 Å². The predicted molar refractivity (Wildman–Crippen MR) is 137 cm³/mol. The fraction of sp³-hybridized carbons (Fsp3) is 0.125. The first-order chi connectivity index (χ1) is 16.3. The number of carbonyl (C=O) groups is 1. The van der Waals surface area contributed by atoms with E-state index in [-0.39, 0.29) is 10.5 Å². The molecule has 2 N–H and O–H groups in total. The van der Waals surface area contributed by atoms with E-state index in [0.717, 1.165) is 15.7 Å². The smallest absolute Gasteiger partial charge is 0.262 e. The number of nitrogens with one attached hydrogen (secondary N) is 2. The number of amides is 1. The second-order valence-electron chi connectivity index (χ2n) is 7.50. The average Bonchev–Trinajstić information content (AvgIpc) is 3.27. The molecule has 1 amide bonds. The van der Waals surface area contributed by atoms with E-state index in [0.29, 0.717) is 16.4 Å². The molecule has 3 aromatic carbocycles. The molecule has 0 saturated heterocycles. The van der Waals surface area contributed by atoms with Crippen LogP contribution in [0.4, 0.5) is 10.8 Å². The third-order valence-corrected chi connectivity index (χ3v) is 8.51. The summed E-state index contributed by atoms with van der Waals surface area (Å²) in [6, 6.07) is 21.7. The van der Waals surface area contributed by atoms with Crippen molar-refractivity contribution in [3.63, 3.8) is 0 Å². The SMILES string of the molecule is Cc1ccccc1NS(=O)(=O)c1cc(C(=O)Nc2nnc(SCc3ccccc3)s2)ccc1C. The lowest BCUT2D eigenvalue weighted by Crippen LogP contribution is -2.17. The Morgan fingerprint density at radius 1 is 0.941 bits per heavy atom. The predicted octanol–water partition coefficient (Wildman–Crippen LogP) is 5.50. The molecule has 0 bridgehead atoms. The van der Waals surface area contributed by atoms with Gasteiger partial charge in [-0.25, -0.2) is 8.42 Å². The number of aryl methyl sites for hydroxylation is 2. The lowest BCUT2D eigenvalue weighted by molar-refractivity contribution is 0.102. The summed E-state index contributed by atoms with van der Waals surface area (Å²) in [5.41, 5.74) is 3.21. The van der Waals surface area contributed by atoms with E-state index >= 15 is 0 Å². The van der Waals surface area contributed by atoms with Gasteiger partial charge >= 0.3 is 0 Å². The fourth-order valence-corrected chi connectivity index (χ4v) is 6.23. The highest BCUT2D eigenvalue weighted by Crippen LogP contribution is 2.29. The first-order valence-electron chi connectivity index (χ1n) is 10.3. The number of benzene rings is 3. The Balaban J connectivity index is 1.47. The Morgan fingerprint density at radius 2 is 1.68 bits per heavy atom. The van der Waals surface area contributed by atoms with Gasteiger partial charge in [0.15, 0.2) is 4.34 Å². The number of sulfonamides is 1. The molecule has 0 aliphatic carbocycles. The van der Waals surface area contributed by atoms with Crippen molar-refractivity contribution in [1.82, 2.24) is 10.2 Å². The van der Waals surface area contributed by atoms with Crippen molar-refractivity contribution in [2.45, 2.75) is 28.8 Å². The van der Waals surface area contributed by atoms with Crippen LogP contribution in [0, 0.1) is 13.8 Å². The Morgan fingerprint density at radius 3 is 2.44 bits per heavy atom. The number of nitrogens with zero attached hydrogens (tertiary/aromatic N) is 2. The van der Waals surface area contributed by atoms with Gasteiger partial charge in [0, 0.05) is 11.3 Å². The van der Waals surface area contributed by atoms with Gasteiger partial charge in [0.05, 0.1) is 10.6 Å². The van der Waals surface area contributed by atoms with Gasteiger partial charge in [0.1, 0.15) is 0 Å². The quantitative estimate of drug-likeness (QED) is 0.240. The number of para-hydroxylation sites is 1. The molecule has 7 nitrogen and oxygen atoms in total. The topological polar surface area (TPSA) is 101 Å². The molecule has 174 valence electrons. The molecule has 0 atom stereocenters. The monoisotopic (exact) mass is 510 g/mol. The minimum absolute atomic E-state index is 0.0415. The molecule has 4 rings (SSSR count). The van der Waals surface area contributed by atoms with Gasteiger partial charge in [0.2, 0.25) is 5.13 Å². The Kier molecular flexibility index (Phi) is 7.30. The van der Waals surface area contributed by atoms with Crippen molar-refractivity contribution in [2.24, 2.45) is 0 Å². The lowest BCUT2D eigenvalue weighted by atomic mass is 10.1. The molecule has 0 saturated carbocycles. The van der Waals surface area contributed by atoms with Crippen molar-refractivity contribution >= 4 is 49.8 Å². The molecule has 0 radical (unpaired) electrons. The van der Waals surface area contributed by atoms with Crippen LogP contribution in [-0.2, 0) is 15.8 Å². The summed E-state index contributed by atoms with van der Waals surface area (Å²) in [7, 11) is -3.88. The summed E-state index contributed by atoms with van der Waals surface area (Å²) in [6.45, 7) is 3.51. The van der Waals surface area contributed by atoms with Gasteiger partial charge in [-0.15, -0.1) is 10.2 Å². The lowest BCUT2D eigenvalue weighted by Gasteiger charge is -2.13. The summed E-state index contributed by atoms with van der Waals surface area (Å²) < 4.78 is 29.4. The third-order valence-electron chi connectivity index (χ3n) is 4.96. The zero-order valence-corrected chi connectivity index (χ0v) is 20.9. The van der Waals surface area contributed by atoms with Crippen LogP contribution in [0.3, 0.4) is 0 Å². The van der Waals surface area contributed by atoms with Gasteiger partial charge in [-0.1, -0.05) is 77.7 Å². The molecule has 10 heteroatoms. The molecule has 0 spiro atoms. The highest BCUT2D eigenvalue weighted by molar-refractivity contribution is 8.00. The van der Waals surface area contributed by atoms with Gasteiger partial charge < -0.3 is 0 Å². The molecular weight excluding hydrogens is 488 g/mol.